The number of methoxy groups -OCH3 is 1. The number of para-hydroxylation sites is 1. The van der Waals surface area contributed by atoms with Gasteiger partial charge < -0.3 is 14.8 Å². The monoisotopic (exact) mass is 330 g/mol. The molecule has 1 aliphatic rings. The van der Waals surface area contributed by atoms with Gasteiger partial charge in [0.15, 0.2) is 11.4 Å². The number of rotatable bonds is 6. The van der Waals surface area contributed by atoms with Crippen molar-refractivity contribution in [3.05, 3.63) is 42.2 Å². The fraction of sp³-hybridized carbons (Fsp3) is 0.412. The molecule has 1 fully saturated rings. The fourth-order valence-electron chi connectivity index (χ4n) is 2.61. The van der Waals surface area contributed by atoms with E-state index in [0.29, 0.717) is 18.0 Å². The Kier molecular flexibility index (Phi) is 5.45. The number of aromatic nitrogens is 2. The van der Waals surface area contributed by atoms with Gasteiger partial charge in [0.1, 0.15) is 0 Å². The minimum Gasteiger partial charge on any atom is -0.493 e. The number of hydrogen-bond acceptors (Lipinski definition) is 5. The van der Waals surface area contributed by atoms with E-state index in [2.05, 4.69) is 15.3 Å². The zero-order valence-corrected chi connectivity index (χ0v) is 13.8. The first-order valence-corrected chi connectivity index (χ1v) is 8.05. The van der Waals surface area contributed by atoms with Crippen LogP contribution in [0.2, 0.25) is 0 Å². The minimum absolute atomic E-state index is 0.227. The van der Waals surface area contributed by atoms with E-state index in [9.17, 15) is 4.79 Å². The van der Waals surface area contributed by atoms with Crippen LogP contribution in [0.5, 0.6) is 5.75 Å². The average Bonchev–Trinajstić information content (AvgIpc) is 3.08. The van der Waals surface area contributed by atoms with Gasteiger partial charge in [-0.2, -0.15) is 5.10 Å². The summed E-state index contributed by atoms with van der Waals surface area (Å²) >= 11 is 0. The van der Waals surface area contributed by atoms with Crippen LogP contribution in [0.1, 0.15) is 10.5 Å². The molecule has 24 heavy (non-hydrogen) atoms. The predicted molar refractivity (Wildman–Crippen MR) is 89.7 cm³/mol. The van der Waals surface area contributed by atoms with Gasteiger partial charge in [-0.25, -0.2) is 4.68 Å². The topological polar surface area (TPSA) is 68.6 Å². The molecule has 0 unspecified atom stereocenters. The summed E-state index contributed by atoms with van der Waals surface area (Å²) in [6, 6.07) is 9.62. The second-order valence-corrected chi connectivity index (χ2v) is 5.54. The smallest absolute Gasteiger partial charge is 0.275 e. The molecule has 1 aromatic carbocycles. The summed E-state index contributed by atoms with van der Waals surface area (Å²) < 4.78 is 12.3. The minimum atomic E-state index is -0.227. The molecule has 1 aromatic heterocycles. The van der Waals surface area contributed by atoms with Crippen molar-refractivity contribution in [2.75, 3.05) is 46.5 Å². The van der Waals surface area contributed by atoms with E-state index < -0.39 is 0 Å². The summed E-state index contributed by atoms with van der Waals surface area (Å²) in [6.45, 7) is 4.69. The highest BCUT2D eigenvalue weighted by atomic mass is 16.5. The van der Waals surface area contributed by atoms with Crippen LogP contribution in [0, 0.1) is 0 Å². The van der Waals surface area contributed by atoms with Crippen molar-refractivity contribution in [2.24, 2.45) is 0 Å². The van der Waals surface area contributed by atoms with Crippen molar-refractivity contribution in [3.8, 4) is 11.4 Å². The predicted octanol–water partition coefficient (Wildman–Crippen LogP) is 0.943. The molecule has 3 rings (SSSR count). The summed E-state index contributed by atoms with van der Waals surface area (Å²) in [6.07, 6.45) is 1.71. The van der Waals surface area contributed by atoms with Crippen LogP contribution in [0.3, 0.4) is 0 Å². The molecule has 2 heterocycles. The van der Waals surface area contributed by atoms with Gasteiger partial charge in [-0.05, 0) is 12.1 Å². The molecule has 128 valence electrons. The molecule has 7 heteroatoms. The molecule has 1 N–H and O–H groups in total. The van der Waals surface area contributed by atoms with Crippen molar-refractivity contribution in [2.45, 2.75) is 0 Å². The normalized spacial score (nSPS) is 15.2. The van der Waals surface area contributed by atoms with Gasteiger partial charge in [0.05, 0.1) is 32.2 Å². The SMILES string of the molecule is COc1cn(-c2ccccc2)nc1C(=O)NCCN1CCOCC1. The lowest BCUT2D eigenvalue weighted by atomic mass is 10.3. The van der Waals surface area contributed by atoms with Crippen LogP contribution >= 0.6 is 0 Å². The first kappa shape index (κ1) is 16.5. The maximum atomic E-state index is 12.4. The van der Waals surface area contributed by atoms with Crippen LogP contribution in [0.15, 0.2) is 36.5 Å². The molecule has 1 saturated heterocycles. The van der Waals surface area contributed by atoms with Gasteiger partial charge >= 0.3 is 0 Å². The molecular formula is C17H22N4O3. The van der Waals surface area contributed by atoms with Crippen molar-refractivity contribution >= 4 is 5.91 Å². The van der Waals surface area contributed by atoms with Gasteiger partial charge in [-0.15, -0.1) is 0 Å². The van der Waals surface area contributed by atoms with Crippen LogP contribution < -0.4 is 10.1 Å². The van der Waals surface area contributed by atoms with Crippen molar-refractivity contribution in [1.82, 2.24) is 20.0 Å². The second-order valence-electron chi connectivity index (χ2n) is 5.54. The lowest BCUT2D eigenvalue weighted by molar-refractivity contribution is 0.0383. The first-order chi connectivity index (χ1) is 11.8. The van der Waals surface area contributed by atoms with Crippen LogP contribution in [0.25, 0.3) is 5.69 Å². The van der Waals surface area contributed by atoms with Crippen LogP contribution in [0.4, 0.5) is 0 Å². The molecule has 0 atom stereocenters. The van der Waals surface area contributed by atoms with Crippen LogP contribution in [-0.2, 0) is 4.74 Å². The maximum Gasteiger partial charge on any atom is 0.275 e. The summed E-state index contributed by atoms with van der Waals surface area (Å²) in [5, 5.41) is 7.27. The van der Waals surface area contributed by atoms with E-state index in [1.165, 1.54) is 7.11 Å². The largest absolute Gasteiger partial charge is 0.493 e. The van der Waals surface area contributed by atoms with E-state index in [1.807, 2.05) is 30.3 Å². The molecule has 0 spiro atoms. The fourth-order valence-corrected chi connectivity index (χ4v) is 2.61. The standard InChI is InChI=1S/C17H22N4O3/c1-23-15-13-21(14-5-3-2-4-6-14)19-16(15)17(22)18-7-8-20-9-11-24-12-10-20/h2-6,13H,7-12H2,1H3,(H,18,22). The lowest BCUT2D eigenvalue weighted by Crippen LogP contribution is -2.41. The summed E-state index contributed by atoms with van der Waals surface area (Å²) in [5.41, 5.74) is 1.17. The maximum absolute atomic E-state index is 12.4. The molecule has 0 aliphatic carbocycles. The lowest BCUT2D eigenvalue weighted by Gasteiger charge is -2.26. The van der Waals surface area contributed by atoms with Gasteiger partial charge in [0.2, 0.25) is 0 Å². The molecular weight excluding hydrogens is 308 g/mol. The number of carbonyl (C=O) groups is 1. The number of nitrogens with one attached hydrogen (secondary N) is 1. The van der Waals surface area contributed by atoms with E-state index in [-0.39, 0.29) is 5.91 Å². The Hall–Kier alpha value is -2.38. The molecule has 0 bridgehead atoms. The first-order valence-electron chi connectivity index (χ1n) is 8.05. The molecule has 1 amide bonds. The Labute approximate surface area is 141 Å². The Morgan fingerprint density at radius 2 is 2.04 bits per heavy atom. The average molecular weight is 330 g/mol. The van der Waals surface area contributed by atoms with Gasteiger partial charge in [-0.1, -0.05) is 18.2 Å². The number of hydrogen-bond donors (Lipinski definition) is 1. The number of carbonyl (C=O) groups excluding carboxylic acids is 1. The van der Waals surface area contributed by atoms with Gasteiger partial charge in [0, 0.05) is 26.2 Å². The van der Waals surface area contributed by atoms with Crippen LogP contribution in [-0.4, -0.2) is 67.1 Å². The molecule has 0 radical (unpaired) electrons. The van der Waals surface area contributed by atoms with Crippen molar-refractivity contribution in [3.63, 3.8) is 0 Å². The van der Waals surface area contributed by atoms with Gasteiger partial charge in [-0.3, -0.25) is 9.69 Å². The highest BCUT2D eigenvalue weighted by molar-refractivity contribution is 5.94. The Bertz CT molecular complexity index is 666. The Morgan fingerprint density at radius 3 is 2.75 bits per heavy atom. The molecule has 0 saturated carbocycles. The van der Waals surface area contributed by atoms with E-state index >= 15 is 0 Å². The molecule has 7 nitrogen and oxygen atoms in total. The number of benzene rings is 1. The number of morpholine rings is 1. The Morgan fingerprint density at radius 1 is 1.29 bits per heavy atom. The van der Waals surface area contributed by atoms with E-state index in [1.54, 1.807) is 10.9 Å². The third kappa shape index (κ3) is 3.93. The second kappa shape index (κ2) is 7.94. The van der Waals surface area contributed by atoms with Gasteiger partial charge in [0.25, 0.3) is 5.91 Å². The summed E-state index contributed by atoms with van der Waals surface area (Å²) in [7, 11) is 1.54. The third-order valence-corrected chi connectivity index (χ3v) is 3.95. The summed E-state index contributed by atoms with van der Waals surface area (Å²) in [4.78, 5) is 14.7. The number of amides is 1. The molecule has 2 aromatic rings. The summed E-state index contributed by atoms with van der Waals surface area (Å²) in [5.74, 6) is 0.234. The highest BCUT2D eigenvalue weighted by Crippen LogP contribution is 2.19. The highest BCUT2D eigenvalue weighted by Gasteiger charge is 2.18. The Balaban J connectivity index is 1.62. The number of ether oxygens (including phenoxy) is 2. The quantitative estimate of drug-likeness (QED) is 0.854. The molecule has 1 aliphatic heterocycles. The number of nitrogens with zero attached hydrogens (tertiary/aromatic N) is 3. The van der Waals surface area contributed by atoms with E-state index in [4.69, 9.17) is 9.47 Å². The third-order valence-electron chi connectivity index (χ3n) is 3.95. The van der Waals surface area contributed by atoms with E-state index in [0.717, 1.165) is 38.5 Å². The zero-order chi connectivity index (χ0) is 16.8. The van der Waals surface area contributed by atoms with Crippen molar-refractivity contribution < 1.29 is 14.3 Å². The van der Waals surface area contributed by atoms with Crippen molar-refractivity contribution in [1.29, 1.82) is 0 Å². The zero-order valence-electron chi connectivity index (χ0n) is 13.8.